The van der Waals surface area contributed by atoms with Gasteiger partial charge in [0.1, 0.15) is 0 Å². The molecule has 0 radical (unpaired) electrons. The van der Waals surface area contributed by atoms with Gasteiger partial charge in [-0.3, -0.25) is 4.79 Å². The molecule has 0 aromatic heterocycles. The van der Waals surface area contributed by atoms with Crippen LogP contribution in [0.5, 0.6) is 0 Å². The fraction of sp³-hybridized carbons (Fsp3) is 0.900. The lowest BCUT2D eigenvalue weighted by Crippen LogP contribution is -2.25. The van der Waals surface area contributed by atoms with E-state index < -0.39 is 6.10 Å². The molecule has 0 spiro atoms. The molecule has 0 aliphatic heterocycles. The van der Waals surface area contributed by atoms with E-state index >= 15 is 0 Å². The van der Waals surface area contributed by atoms with E-state index in [0.29, 0.717) is 19.4 Å². The number of amides is 1. The molecule has 1 atom stereocenters. The molecule has 0 saturated carbocycles. The minimum Gasteiger partial charge on any atom is -0.391 e. The minimum absolute atomic E-state index is 0.0659. The number of nitrogens with one attached hydrogen (secondary N) is 2. The molecule has 90 valence electrons. The van der Waals surface area contributed by atoms with Crippen molar-refractivity contribution in [2.45, 2.75) is 25.4 Å². The lowest BCUT2D eigenvalue weighted by Gasteiger charge is -2.09. The Labute approximate surface area is 91.2 Å². The van der Waals surface area contributed by atoms with Gasteiger partial charge >= 0.3 is 0 Å². The van der Waals surface area contributed by atoms with Crippen LogP contribution in [0.25, 0.3) is 0 Å². The van der Waals surface area contributed by atoms with Crippen molar-refractivity contribution < 1.29 is 14.6 Å². The highest BCUT2D eigenvalue weighted by Gasteiger charge is 2.02. The Morgan fingerprint density at radius 1 is 1.47 bits per heavy atom. The molecule has 5 heteroatoms. The Kier molecular flexibility index (Phi) is 9.46. The molecule has 5 nitrogen and oxygen atoms in total. The summed E-state index contributed by atoms with van der Waals surface area (Å²) in [5, 5.41) is 15.0. The van der Waals surface area contributed by atoms with Crippen molar-refractivity contribution in [3.8, 4) is 0 Å². The van der Waals surface area contributed by atoms with Crippen molar-refractivity contribution in [3.63, 3.8) is 0 Å². The molecular weight excluding hydrogens is 196 g/mol. The Morgan fingerprint density at radius 3 is 2.80 bits per heavy atom. The third-order valence-electron chi connectivity index (χ3n) is 2.05. The molecule has 0 bridgehead atoms. The van der Waals surface area contributed by atoms with Gasteiger partial charge in [-0.1, -0.05) is 0 Å². The van der Waals surface area contributed by atoms with E-state index in [1.54, 1.807) is 14.2 Å². The van der Waals surface area contributed by atoms with Gasteiger partial charge in [-0.15, -0.1) is 0 Å². The fourth-order valence-corrected chi connectivity index (χ4v) is 1.17. The summed E-state index contributed by atoms with van der Waals surface area (Å²) < 4.78 is 4.80. The summed E-state index contributed by atoms with van der Waals surface area (Å²) in [6.07, 6.45) is 1.64. The van der Waals surface area contributed by atoms with Crippen LogP contribution in [0.4, 0.5) is 0 Å². The number of rotatable bonds is 9. The van der Waals surface area contributed by atoms with E-state index in [4.69, 9.17) is 4.74 Å². The summed E-state index contributed by atoms with van der Waals surface area (Å²) in [5.41, 5.74) is 0. The molecule has 0 fully saturated rings. The lowest BCUT2D eigenvalue weighted by atomic mass is 10.2. The standard InChI is InChI=1S/C10H22N2O3/c1-11-10(14)4-3-6-12-7-5-9(13)8-15-2/h9,12-13H,3-8H2,1-2H3,(H,11,14). The van der Waals surface area contributed by atoms with Crippen LogP contribution in [-0.2, 0) is 9.53 Å². The van der Waals surface area contributed by atoms with Gasteiger partial charge in [0.2, 0.25) is 5.91 Å². The van der Waals surface area contributed by atoms with Crippen molar-refractivity contribution in [1.82, 2.24) is 10.6 Å². The van der Waals surface area contributed by atoms with E-state index in [9.17, 15) is 9.90 Å². The second-order valence-electron chi connectivity index (χ2n) is 3.42. The summed E-state index contributed by atoms with van der Waals surface area (Å²) >= 11 is 0. The fourth-order valence-electron chi connectivity index (χ4n) is 1.17. The number of ether oxygens (including phenoxy) is 1. The first-order chi connectivity index (χ1) is 7.20. The van der Waals surface area contributed by atoms with Crippen LogP contribution in [0, 0.1) is 0 Å². The topological polar surface area (TPSA) is 70.6 Å². The molecular formula is C10H22N2O3. The molecule has 3 N–H and O–H groups in total. The van der Waals surface area contributed by atoms with Gasteiger partial charge in [-0.25, -0.2) is 0 Å². The van der Waals surface area contributed by atoms with Gasteiger partial charge < -0.3 is 20.5 Å². The van der Waals surface area contributed by atoms with E-state index in [0.717, 1.165) is 19.5 Å². The largest absolute Gasteiger partial charge is 0.391 e. The van der Waals surface area contributed by atoms with E-state index in [1.165, 1.54) is 0 Å². The minimum atomic E-state index is -0.401. The van der Waals surface area contributed by atoms with Crippen LogP contribution < -0.4 is 10.6 Å². The Morgan fingerprint density at radius 2 is 2.20 bits per heavy atom. The zero-order valence-electron chi connectivity index (χ0n) is 9.58. The summed E-state index contributed by atoms with van der Waals surface area (Å²) in [7, 11) is 3.21. The quantitative estimate of drug-likeness (QED) is 0.456. The van der Waals surface area contributed by atoms with Gasteiger partial charge in [0.05, 0.1) is 12.7 Å². The van der Waals surface area contributed by atoms with Crippen LogP contribution in [0.2, 0.25) is 0 Å². The maximum absolute atomic E-state index is 10.8. The van der Waals surface area contributed by atoms with Gasteiger partial charge in [0.25, 0.3) is 0 Å². The molecule has 0 aromatic carbocycles. The number of carbonyl (C=O) groups excluding carboxylic acids is 1. The third-order valence-corrected chi connectivity index (χ3v) is 2.05. The first kappa shape index (κ1) is 14.3. The SMILES string of the molecule is CNC(=O)CCCNCCC(O)COC. The Balaban J connectivity index is 3.14. The average molecular weight is 218 g/mol. The van der Waals surface area contributed by atoms with Crippen molar-refractivity contribution in [3.05, 3.63) is 0 Å². The Bertz CT molecular complexity index is 165. The van der Waals surface area contributed by atoms with E-state index in [-0.39, 0.29) is 5.91 Å². The predicted octanol–water partition coefficient (Wildman–Crippen LogP) is -0.500. The average Bonchev–Trinajstić information content (AvgIpc) is 2.23. The molecule has 0 aromatic rings. The predicted molar refractivity (Wildman–Crippen MR) is 58.7 cm³/mol. The van der Waals surface area contributed by atoms with Crippen LogP contribution in [0.3, 0.4) is 0 Å². The zero-order valence-corrected chi connectivity index (χ0v) is 9.58. The molecule has 15 heavy (non-hydrogen) atoms. The molecule has 0 aliphatic carbocycles. The summed E-state index contributed by atoms with van der Waals surface area (Å²) in [5.74, 6) is 0.0659. The zero-order chi connectivity index (χ0) is 11.5. The smallest absolute Gasteiger partial charge is 0.219 e. The normalized spacial score (nSPS) is 12.5. The number of hydrogen-bond acceptors (Lipinski definition) is 4. The molecule has 1 unspecified atom stereocenters. The monoisotopic (exact) mass is 218 g/mol. The highest BCUT2D eigenvalue weighted by molar-refractivity contribution is 5.75. The van der Waals surface area contributed by atoms with Crippen molar-refractivity contribution in [2.75, 3.05) is 33.9 Å². The molecule has 0 heterocycles. The first-order valence-corrected chi connectivity index (χ1v) is 5.29. The van der Waals surface area contributed by atoms with Crippen LogP contribution in [0.1, 0.15) is 19.3 Å². The van der Waals surface area contributed by atoms with Crippen LogP contribution >= 0.6 is 0 Å². The highest BCUT2D eigenvalue weighted by Crippen LogP contribution is 1.91. The third kappa shape index (κ3) is 9.65. The van der Waals surface area contributed by atoms with Crippen LogP contribution in [-0.4, -0.2) is 51.0 Å². The molecule has 0 saturated heterocycles. The van der Waals surface area contributed by atoms with Gasteiger partial charge in [-0.2, -0.15) is 0 Å². The number of carbonyl (C=O) groups is 1. The van der Waals surface area contributed by atoms with Crippen molar-refractivity contribution in [1.29, 1.82) is 0 Å². The van der Waals surface area contributed by atoms with Gasteiger partial charge in [0.15, 0.2) is 0 Å². The summed E-state index contributed by atoms with van der Waals surface area (Å²) in [6, 6.07) is 0. The number of aliphatic hydroxyl groups excluding tert-OH is 1. The number of aliphatic hydroxyl groups is 1. The maximum atomic E-state index is 10.8. The molecule has 1 amide bonds. The van der Waals surface area contributed by atoms with Crippen molar-refractivity contribution >= 4 is 5.91 Å². The second kappa shape index (κ2) is 9.89. The second-order valence-corrected chi connectivity index (χ2v) is 3.42. The van der Waals surface area contributed by atoms with E-state index in [2.05, 4.69) is 10.6 Å². The maximum Gasteiger partial charge on any atom is 0.219 e. The van der Waals surface area contributed by atoms with E-state index in [1.807, 2.05) is 0 Å². The molecule has 0 rings (SSSR count). The highest BCUT2D eigenvalue weighted by atomic mass is 16.5. The number of methoxy groups -OCH3 is 1. The number of hydrogen-bond donors (Lipinski definition) is 3. The lowest BCUT2D eigenvalue weighted by molar-refractivity contribution is -0.120. The molecule has 0 aliphatic rings. The Hall–Kier alpha value is -0.650. The summed E-state index contributed by atoms with van der Waals surface area (Å²) in [4.78, 5) is 10.8. The van der Waals surface area contributed by atoms with Gasteiger partial charge in [-0.05, 0) is 25.9 Å². The first-order valence-electron chi connectivity index (χ1n) is 5.29. The summed E-state index contributed by atoms with van der Waals surface area (Å²) in [6.45, 7) is 1.92. The van der Waals surface area contributed by atoms with Gasteiger partial charge in [0, 0.05) is 20.6 Å². The van der Waals surface area contributed by atoms with Crippen LogP contribution in [0.15, 0.2) is 0 Å². The van der Waals surface area contributed by atoms with Crippen molar-refractivity contribution in [2.24, 2.45) is 0 Å².